The van der Waals surface area contributed by atoms with Crippen molar-refractivity contribution in [1.82, 2.24) is 9.97 Å². The average molecular weight is 269 g/mol. The summed E-state index contributed by atoms with van der Waals surface area (Å²) in [4.78, 5) is 21.7. The number of carbonyl (C=O) groups excluding carboxylic acids is 1. The Kier molecular flexibility index (Phi) is 2.98. The van der Waals surface area contributed by atoms with E-state index in [4.69, 9.17) is 0 Å². The Labute approximate surface area is 116 Å². The van der Waals surface area contributed by atoms with E-state index in [1.165, 1.54) is 6.33 Å². The first-order chi connectivity index (χ1) is 9.67. The molecule has 1 aromatic heterocycles. The molecule has 20 heavy (non-hydrogen) atoms. The van der Waals surface area contributed by atoms with Gasteiger partial charge in [-0.05, 0) is 23.8 Å². The third-order valence-electron chi connectivity index (χ3n) is 3.35. The topological polar surface area (TPSA) is 70.2 Å². The number of hydrogen-bond acceptors (Lipinski definition) is 5. The van der Waals surface area contributed by atoms with E-state index in [1.807, 2.05) is 43.3 Å². The van der Waals surface area contributed by atoms with Gasteiger partial charge in [0.1, 0.15) is 18.0 Å². The Morgan fingerprint density at radius 3 is 2.95 bits per heavy atom. The minimum absolute atomic E-state index is 0.0410. The van der Waals surface area contributed by atoms with Crippen molar-refractivity contribution in [3.8, 4) is 0 Å². The molecule has 102 valence electrons. The molecule has 0 aliphatic carbocycles. The largest absolute Gasteiger partial charge is 0.373 e. The van der Waals surface area contributed by atoms with Gasteiger partial charge in [0.25, 0.3) is 0 Å². The maximum atomic E-state index is 11.4. The lowest BCUT2D eigenvalue weighted by Gasteiger charge is -2.19. The minimum Gasteiger partial charge on any atom is -0.373 e. The van der Waals surface area contributed by atoms with E-state index in [2.05, 4.69) is 20.6 Å². The lowest BCUT2D eigenvalue weighted by Crippen LogP contribution is -2.12. The predicted octanol–water partition coefficient (Wildman–Crippen LogP) is 1.78. The van der Waals surface area contributed by atoms with E-state index in [0.29, 0.717) is 6.42 Å². The lowest BCUT2D eigenvalue weighted by molar-refractivity contribution is -0.115. The first-order valence-electron chi connectivity index (χ1n) is 6.33. The monoisotopic (exact) mass is 269 g/mol. The van der Waals surface area contributed by atoms with Gasteiger partial charge in [-0.3, -0.25) is 4.79 Å². The van der Waals surface area contributed by atoms with Gasteiger partial charge in [0.05, 0.1) is 6.42 Å². The highest BCUT2D eigenvalue weighted by Gasteiger charge is 2.18. The molecule has 0 saturated carbocycles. The SMILES string of the molecule is CNc1cc(N(C)c2ccc3c(c2)CC(=O)N3)ncn1. The summed E-state index contributed by atoms with van der Waals surface area (Å²) in [6.07, 6.45) is 1.96. The molecule has 2 aromatic rings. The summed E-state index contributed by atoms with van der Waals surface area (Å²) >= 11 is 0. The molecule has 1 aliphatic rings. The molecular formula is C14H15N5O. The summed E-state index contributed by atoms with van der Waals surface area (Å²) in [6, 6.07) is 7.77. The van der Waals surface area contributed by atoms with Crippen LogP contribution in [0.5, 0.6) is 0 Å². The number of amides is 1. The molecule has 0 fully saturated rings. The van der Waals surface area contributed by atoms with Gasteiger partial charge in [-0.15, -0.1) is 0 Å². The molecule has 0 bridgehead atoms. The summed E-state index contributed by atoms with van der Waals surface area (Å²) in [7, 11) is 3.76. The number of aromatic nitrogens is 2. The van der Waals surface area contributed by atoms with Crippen LogP contribution < -0.4 is 15.5 Å². The van der Waals surface area contributed by atoms with Crippen LogP contribution in [0.2, 0.25) is 0 Å². The molecule has 2 heterocycles. The fourth-order valence-corrected chi connectivity index (χ4v) is 2.22. The number of benzene rings is 1. The Morgan fingerprint density at radius 2 is 2.15 bits per heavy atom. The van der Waals surface area contributed by atoms with Crippen molar-refractivity contribution in [3.05, 3.63) is 36.2 Å². The van der Waals surface area contributed by atoms with Crippen LogP contribution in [-0.2, 0) is 11.2 Å². The number of hydrogen-bond donors (Lipinski definition) is 2. The molecule has 1 amide bonds. The maximum Gasteiger partial charge on any atom is 0.228 e. The molecule has 0 saturated heterocycles. The normalized spacial score (nSPS) is 12.8. The summed E-state index contributed by atoms with van der Waals surface area (Å²) in [5.74, 6) is 1.60. The van der Waals surface area contributed by atoms with Crippen LogP contribution in [0, 0.1) is 0 Å². The number of fused-ring (bicyclic) bond motifs is 1. The van der Waals surface area contributed by atoms with Crippen molar-refractivity contribution in [1.29, 1.82) is 0 Å². The zero-order valence-electron chi connectivity index (χ0n) is 11.3. The third-order valence-corrected chi connectivity index (χ3v) is 3.35. The fourth-order valence-electron chi connectivity index (χ4n) is 2.22. The molecule has 2 N–H and O–H groups in total. The van der Waals surface area contributed by atoms with Crippen LogP contribution in [0.15, 0.2) is 30.6 Å². The van der Waals surface area contributed by atoms with Crippen molar-refractivity contribution in [2.24, 2.45) is 0 Å². The fraction of sp³-hybridized carbons (Fsp3) is 0.214. The van der Waals surface area contributed by atoms with E-state index < -0.39 is 0 Å². The highest BCUT2D eigenvalue weighted by Crippen LogP contribution is 2.30. The van der Waals surface area contributed by atoms with Gasteiger partial charge >= 0.3 is 0 Å². The first-order valence-corrected chi connectivity index (χ1v) is 6.33. The third kappa shape index (κ3) is 2.16. The molecule has 6 nitrogen and oxygen atoms in total. The van der Waals surface area contributed by atoms with Crippen LogP contribution in [0.25, 0.3) is 0 Å². The van der Waals surface area contributed by atoms with Crippen LogP contribution >= 0.6 is 0 Å². The van der Waals surface area contributed by atoms with Crippen LogP contribution in [0.4, 0.5) is 23.0 Å². The number of carbonyl (C=O) groups is 1. The Bertz CT molecular complexity index is 670. The van der Waals surface area contributed by atoms with Gasteiger partial charge in [-0.1, -0.05) is 0 Å². The van der Waals surface area contributed by atoms with Gasteiger partial charge in [-0.25, -0.2) is 9.97 Å². The van der Waals surface area contributed by atoms with E-state index in [1.54, 1.807) is 0 Å². The molecule has 1 aromatic carbocycles. The second-order valence-electron chi connectivity index (χ2n) is 4.64. The zero-order valence-corrected chi connectivity index (χ0v) is 11.3. The van der Waals surface area contributed by atoms with Crippen molar-refractivity contribution < 1.29 is 4.79 Å². The highest BCUT2D eigenvalue weighted by atomic mass is 16.1. The van der Waals surface area contributed by atoms with Crippen LogP contribution in [0.3, 0.4) is 0 Å². The molecule has 1 aliphatic heterocycles. The van der Waals surface area contributed by atoms with Gasteiger partial charge in [0.2, 0.25) is 5.91 Å². The smallest absolute Gasteiger partial charge is 0.228 e. The van der Waals surface area contributed by atoms with Crippen molar-refractivity contribution in [2.75, 3.05) is 29.6 Å². The second-order valence-corrected chi connectivity index (χ2v) is 4.64. The van der Waals surface area contributed by atoms with E-state index in [9.17, 15) is 4.79 Å². The number of anilines is 4. The summed E-state index contributed by atoms with van der Waals surface area (Å²) in [6.45, 7) is 0. The number of nitrogens with zero attached hydrogens (tertiary/aromatic N) is 3. The zero-order chi connectivity index (χ0) is 14.1. The minimum atomic E-state index is 0.0410. The van der Waals surface area contributed by atoms with Crippen molar-refractivity contribution in [2.45, 2.75) is 6.42 Å². The van der Waals surface area contributed by atoms with E-state index in [-0.39, 0.29) is 5.91 Å². The molecule has 0 atom stereocenters. The summed E-state index contributed by atoms with van der Waals surface area (Å²) in [5.41, 5.74) is 2.90. The average Bonchev–Trinajstić information content (AvgIpc) is 2.85. The molecule has 0 spiro atoms. The second kappa shape index (κ2) is 4.80. The Hall–Kier alpha value is -2.63. The standard InChI is InChI=1S/C14H15N5O/c1-15-12-7-13(17-8-16-12)19(2)10-3-4-11-9(5-10)6-14(20)18-11/h3-5,7-8H,6H2,1-2H3,(H,18,20)(H,15,16,17). The first kappa shape index (κ1) is 12.4. The quantitative estimate of drug-likeness (QED) is 0.888. The number of rotatable bonds is 3. The number of nitrogens with one attached hydrogen (secondary N) is 2. The van der Waals surface area contributed by atoms with Crippen molar-refractivity contribution >= 4 is 28.9 Å². The lowest BCUT2D eigenvalue weighted by atomic mass is 10.1. The molecular weight excluding hydrogens is 254 g/mol. The van der Waals surface area contributed by atoms with Gasteiger partial charge in [0, 0.05) is 31.5 Å². The highest BCUT2D eigenvalue weighted by molar-refractivity contribution is 5.99. The van der Waals surface area contributed by atoms with E-state index >= 15 is 0 Å². The maximum absolute atomic E-state index is 11.4. The van der Waals surface area contributed by atoms with Crippen LogP contribution in [0.1, 0.15) is 5.56 Å². The van der Waals surface area contributed by atoms with E-state index in [0.717, 1.165) is 28.6 Å². The molecule has 0 radical (unpaired) electrons. The molecule has 3 rings (SSSR count). The predicted molar refractivity (Wildman–Crippen MR) is 78.4 cm³/mol. The van der Waals surface area contributed by atoms with Gasteiger partial charge < -0.3 is 15.5 Å². The summed E-state index contributed by atoms with van der Waals surface area (Å²) < 4.78 is 0. The Balaban J connectivity index is 1.92. The van der Waals surface area contributed by atoms with Gasteiger partial charge in [0.15, 0.2) is 0 Å². The Morgan fingerprint density at radius 1 is 1.30 bits per heavy atom. The van der Waals surface area contributed by atoms with Crippen LogP contribution in [-0.4, -0.2) is 30.0 Å². The van der Waals surface area contributed by atoms with Crippen molar-refractivity contribution in [3.63, 3.8) is 0 Å². The molecule has 0 unspecified atom stereocenters. The summed E-state index contributed by atoms with van der Waals surface area (Å²) in [5, 5.41) is 5.82. The molecule has 6 heteroatoms. The van der Waals surface area contributed by atoms with Gasteiger partial charge in [-0.2, -0.15) is 0 Å².